The molecule has 1 N–H and O–H groups in total. The third kappa shape index (κ3) is 5.43. The lowest BCUT2D eigenvalue weighted by atomic mass is 10.1. The second-order valence-electron chi connectivity index (χ2n) is 5.15. The molecule has 0 radical (unpaired) electrons. The topological polar surface area (TPSA) is 71.3 Å². The largest absolute Gasteiger partial charge is 0.497 e. The van der Waals surface area contributed by atoms with Gasteiger partial charge in [-0.1, -0.05) is 29.1 Å². The van der Waals surface area contributed by atoms with Crippen molar-refractivity contribution in [2.24, 2.45) is 0 Å². The SMILES string of the molecule is C#CCOc1c(Cl)cc(Cl)cc1/C=C(\C#N)C(=O)Nc1ccc(OC)cc1. The Morgan fingerprint density at radius 1 is 1.30 bits per heavy atom. The Balaban J connectivity index is 2.33. The number of methoxy groups -OCH3 is 1. The molecule has 1 amide bonds. The highest BCUT2D eigenvalue weighted by atomic mass is 35.5. The smallest absolute Gasteiger partial charge is 0.266 e. The van der Waals surface area contributed by atoms with Crippen molar-refractivity contribution in [3.63, 3.8) is 0 Å². The lowest BCUT2D eigenvalue weighted by Crippen LogP contribution is -2.13. The molecule has 0 saturated carbocycles. The number of ether oxygens (including phenoxy) is 2. The zero-order chi connectivity index (χ0) is 19.8. The van der Waals surface area contributed by atoms with E-state index in [9.17, 15) is 10.1 Å². The van der Waals surface area contributed by atoms with Crippen molar-refractivity contribution in [1.29, 1.82) is 5.26 Å². The molecule has 27 heavy (non-hydrogen) atoms. The number of halogens is 2. The van der Waals surface area contributed by atoms with Gasteiger partial charge in [0.2, 0.25) is 0 Å². The van der Waals surface area contributed by atoms with Crippen molar-refractivity contribution < 1.29 is 14.3 Å². The van der Waals surface area contributed by atoms with Crippen molar-refractivity contribution in [2.45, 2.75) is 0 Å². The van der Waals surface area contributed by atoms with Gasteiger partial charge in [0.15, 0.2) is 0 Å². The Bertz CT molecular complexity index is 955. The van der Waals surface area contributed by atoms with Crippen LogP contribution in [0, 0.1) is 23.7 Å². The predicted molar refractivity (Wildman–Crippen MR) is 106 cm³/mol. The number of hydrogen-bond acceptors (Lipinski definition) is 4. The van der Waals surface area contributed by atoms with Crippen LogP contribution in [-0.4, -0.2) is 19.6 Å². The van der Waals surface area contributed by atoms with E-state index in [0.717, 1.165) is 0 Å². The van der Waals surface area contributed by atoms with Crippen LogP contribution in [-0.2, 0) is 4.79 Å². The molecule has 0 fully saturated rings. The van der Waals surface area contributed by atoms with E-state index in [1.54, 1.807) is 31.4 Å². The Morgan fingerprint density at radius 3 is 2.59 bits per heavy atom. The number of anilines is 1. The lowest BCUT2D eigenvalue weighted by molar-refractivity contribution is -0.112. The Hall–Kier alpha value is -3.12. The van der Waals surface area contributed by atoms with Gasteiger partial charge in [-0.25, -0.2) is 0 Å². The number of nitriles is 1. The fraction of sp³-hybridized carbons (Fsp3) is 0.100. The van der Waals surface area contributed by atoms with Gasteiger partial charge in [-0.3, -0.25) is 4.79 Å². The molecular formula is C20H14Cl2N2O3. The second-order valence-corrected chi connectivity index (χ2v) is 5.99. The van der Waals surface area contributed by atoms with Gasteiger partial charge in [-0.05, 0) is 42.5 Å². The zero-order valence-electron chi connectivity index (χ0n) is 14.3. The summed E-state index contributed by atoms with van der Waals surface area (Å²) in [5.41, 5.74) is 0.716. The molecule has 0 aliphatic heterocycles. The quantitative estimate of drug-likeness (QED) is 0.438. The van der Waals surface area contributed by atoms with Gasteiger partial charge in [0, 0.05) is 16.3 Å². The van der Waals surface area contributed by atoms with Crippen molar-refractivity contribution >= 4 is 40.9 Å². The summed E-state index contributed by atoms with van der Waals surface area (Å²) < 4.78 is 10.5. The first-order chi connectivity index (χ1) is 13.0. The van der Waals surface area contributed by atoms with E-state index in [1.165, 1.54) is 18.2 Å². The number of carbonyl (C=O) groups is 1. The van der Waals surface area contributed by atoms with E-state index in [1.807, 2.05) is 6.07 Å². The van der Waals surface area contributed by atoms with Crippen LogP contribution in [0.3, 0.4) is 0 Å². The number of rotatable bonds is 6. The highest BCUT2D eigenvalue weighted by Gasteiger charge is 2.14. The van der Waals surface area contributed by atoms with Crippen LogP contribution in [0.2, 0.25) is 10.0 Å². The highest BCUT2D eigenvalue weighted by molar-refractivity contribution is 6.36. The van der Waals surface area contributed by atoms with Gasteiger partial charge in [0.1, 0.15) is 29.7 Å². The molecule has 0 unspecified atom stereocenters. The highest BCUT2D eigenvalue weighted by Crippen LogP contribution is 2.34. The normalized spacial score (nSPS) is 10.5. The standard InChI is InChI=1S/C20H14Cl2N2O3/c1-3-8-27-19-13(10-15(21)11-18(19)22)9-14(12-23)20(25)24-16-4-6-17(26-2)7-5-16/h1,4-7,9-11H,8H2,2H3,(H,24,25)/b14-9+. The van der Waals surface area contributed by atoms with E-state index >= 15 is 0 Å². The summed E-state index contributed by atoms with van der Waals surface area (Å²) in [6.45, 7) is -0.0257. The maximum atomic E-state index is 12.4. The summed E-state index contributed by atoms with van der Waals surface area (Å²) in [4.78, 5) is 12.4. The maximum Gasteiger partial charge on any atom is 0.266 e. The number of carbonyl (C=O) groups excluding carboxylic acids is 1. The molecule has 0 bridgehead atoms. The maximum absolute atomic E-state index is 12.4. The van der Waals surface area contributed by atoms with Crippen molar-refractivity contribution in [3.05, 3.63) is 57.6 Å². The summed E-state index contributed by atoms with van der Waals surface area (Å²) in [5.74, 6) is 2.62. The average Bonchev–Trinajstić information content (AvgIpc) is 2.65. The minimum absolute atomic E-state index is 0.0257. The summed E-state index contributed by atoms with van der Waals surface area (Å²) in [6.07, 6.45) is 6.54. The van der Waals surface area contributed by atoms with Crippen molar-refractivity contribution in [3.8, 4) is 29.9 Å². The molecule has 5 nitrogen and oxygen atoms in total. The van der Waals surface area contributed by atoms with Crippen LogP contribution in [0.1, 0.15) is 5.56 Å². The summed E-state index contributed by atoms with van der Waals surface area (Å²) in [7, 11) is 1.54. The van der Waals surface area contributed by atoms with E-state index in [4.69, 9.17) is 39.1 Å². The van der Waals surface area contributed by atoms with Crippen LogP contribution >= 0.6 is 23.2 Å². The number of nitrogens with one attached hydrogen (secondary N) is 1. The fourth-order valence-corrected chi connectivity index (χ4v) is 2.69. The van der Waals surface area contributed by atoms with Crippen LogP contribution in [0.5, 0.6) is 11.5 Å². The molecule has 2 aromatic rings. The van der Waals surface area contributed by atoms with Crippen LogP contribution < -0.4 is 14.8 Å². The molecule has 0 aliphatic rings. The number of nitrogens with zero attached hydrogens (tertiary/aromatic N) is 1. The molecule has 0 aromatic heterocycles. The zero-order valence-corrected chi connectivity index (χ0v) is 15.8. The second kappa shape index (κ2) is 9.54. The number of terminal acetylenes is 1. The predicted octanol–water partition coefficient (Wildman–Crippen LogP) is 4.56. The summed E-state index contributed by atoms with van der Waals surface area (Å²) >= 11 is 12.1. The molecule has 0 heterocycles. The van der Waals surface area contributed by atoms with Gasteiger partial charge in [0.05, 0.1) is 12.1 Å². The molecule has 136 valence electrons. The van der Waals surface area contributed by atoms with Gasteiger partial charge in [-0.2, -0.15) is 5.26 Å². The molecular weight excluding hydrogens is 387 g/mol. The van der Waals surface area contributed by atoms with Gasteiger partial charge >= 0.3 is 0 Å². The average molecular weight is 401 g/mol. The summed E-state index contributed by atoms with van der Waals surface area (Å²) in [5, 5.41) is 12.6. The molecule has 0 spiro atoms. The lowest BCUT2D eigenvalue weighted by Gasteiger charge is -2.10. The third-order valence-corrected chi connectivity index (χ3v) is 3.85. The number of benzene rings is 2. The molecule has 0 aliphatic carbocycles. The number of hydrogen-bond donors (Lipinski definition) is 1. The first-order valence-electron chi connectivity index (χ1n) is 7.61. The van der Waals surface area contributed by atoms with Gasteiger partial charge in [0.25, 0.3) is 5.91 Å². The third-order valence-electron chi connectivity index (χ3n) is 3.35. The molecule has 2 rings (SSSR count). The van der Waals surface area contributed by atoms with Crippen molar-refractivity contribution in [2.75, 3.05) is 19.0 Å². The van der Waals surface area contributed by atoms with E-state index in [0.29, 0.717) is 22.0 Å². The molecule has 7 heteroatoms. The fourth-order valence-electron chi connectivity index (χ4n) is 2.13. The van der Waals surface area contributed by atoms with Gasteiger partial charge in [-0.15, -0.1) is 6.42 Å². The minimum atomic E-state index is -0.596. The number of amides is 1. The van der Waals surface area contributed by atoms with E-state index < -0.39 is 5.91 Å². The Labute approximate surface area is 167 Å². The van der Waals surface area contributed by atoms with Crippen LogP contribution in [0.15, 0.2) is 42.0 Å². The van der Waals surface area contributed by atoms with E-state index in [2.05, 4.69) is 11.2 Å². The van der Waals surface area contributed by atoms with Gasteiger partial charge < -0.3 is 14.8 Å². The van der Waals surface area contributed by atoms with Crippen LogP contribution in [0.25, 0.3) is 6.08 Å². The van der Waals surface area contributed by atoms with Crippen molar-refractivity contribution in [1.82, 2.24) is 0 Å². The van der Waals surface area contributed by atoms with E-state index in [-0.39, 0.29) is 23.0 Å². The molecule has 2 aromatic carbocycles. The first kappa shape index (κ1) is 20.2. The van der Waals surface area contributed by atoms with Crippen LogP contribution in [0.4, 0.5) is 5.69 Å². The molecule has 0 atom stereocenters. The first-order valence-corrected chi connectivity index (χ1v) is 8.36. The molecule has 0 saturated heterocycles. The summed E-state index contributed by atoms with van der Waals surface area (Å²) in [6, 6.07) is 11.6. The Kier molecular flexibility index (Phi) is 7.14. The Morgan fingerprint density at radius 2 is 2.00 bits per heavy atom. The minimum Gasteiger partial charge on any atom is -0.497 e. The monoisotopic (exact) mass is 400 g/mol.